The van der Waals surface area contributed by atoms with Gasteiger partial charge in [0.15, 0.2) is 0 Å². The number of oxime groups is 1. The SMILES string of the molecule is O=C(O)N1CCC2(C3CCCC3)C(C#Cc3cccc(Cl)c3)=NOC12. The fraction of sp³-hybridized carbons (Fsp3) is 0.474. The van der Waals surface area contributed by atoms with E-state index in [-0.39, 0.29) is 0 Å². The Morgan fingerprint density at radius 1 is 1.36 bits per heavy atom. The molecule has 1 saturated carbocycles. The maximum absolute atomic E-state index is 11.6. The molecule has 2 unspecified atom stereocenters. The average Bonchev–Trinajstić information content (AvgIpc) is 3.28. The van der Waals surface area contributed by atoms with E-state index >= 15 is 0 Å². The Hall–Kier alpha value is -2.19. The fourth-order valence-electron chi connectivity index (χ4n) is 4.47. The van der Waals surface area contributed by atoms with Crippen LogP contribution in [0.15, 0.2) is 29.4 Å². The molecule has 3 aliphatic rings. The minimum absolute atomic E-state index is 0.372. The van der Waals surface area contributed by atoms with Gasteiger partial charge in [-0.15, -0.1) is 0 Å². The van der Waals surface area contributed by atoms with Crippen LogP contribution < -0.4 is 0 Å². The van der Waals surface area contributed by atoms with Crippen LogP contribution in [-0.4, -0.2) is 34.6 Å². The van der Waals surface area contributed by atoms with Crippen molar-refractivity contribution in [2.24, 2.45) is 16.5 Å². The standard InChI is InChI=1S/C19H19ClN2O3/c20-15-7-3-4-13(12-15)8-9-16-19(14-5-1-2-6-14)10-11-22(18(23)24)17(19)25-21-16/h3-4,7,12,14,17H,1-2,5-6,10-11H2,(H,23,24). The molecule has 1 aromatic carbocycles. The number of carboxylic acid groups (broad SMARTS) is 1. The molecule has 130 valence electrons. The van der Waals surface area contributed by atoms with E-state index in [4.69, 9.17) is 16.4 Å². The number of hydrogen-bond donors (Lipinski definition) is 1. The molecule has 0 aromatic heterocycles. The Kier molecular flexibility index (Phi) is 4.09. The van der Waals surface area contributed by atoms with Gasteiger partial charge in [0, 0.05) is 17.1 Å². The molecule has 1 N–H and O–H groups in total. The van der Waals surface area contributed by atoms with Crippen molar-refractivity contribution in [2.75, 3.05) is 6.54 Å². The summed E-state index contributed by atoms with van der Waals surface area (Å²) < 4.78 is 0. The van der Waals surface area contributed by atoms with Crippen molar-refractivity contribution >= 4 is 23.4 Å². The molecule has 2 aliphatic heterocycles. The van der Waals surface area contributed by atoms with Crippen molar-refractivity contribution < 1.29 is 14.7 Å². The maximum atomic E-state index is 11.6. The van der Waals surface area contributed by atoms with Crippen molar-refractivity contribution in [3.05, 3.63) is 34.9 Å². The maximum Gasteiger partial charge on any atom is 0.410 e. The first-order valence-corrected chi connectivity index (χ1v) is 9.00. The van der Waals surface area contributed by atoms with Gasteiger partial charge >= 0.3 is 6.09 Å². The van der Waals surface area contributed by atoms with Gasteiger partial charge in [0.2, 0.25) is 6.23 Å². The number of rotatable bonds is 1. The lowest BCUT2D eigenvalue weighted by Crippen LogP contribution is -2.46. The van der Waals surface area contributed by atoms with Crippen LogP contribution in [0, 0.1) is 23.2 Å². The smallest absolute Gasteiger partial charge is 0.410 e. The third-order valence-electron chi connectivity index (χ3n) is 5.65. The van der Waals surface area contributed by atoms with Crippen LogP contribution in [0.3, 0.4) is 0 Å². The summed E-state index contributed by atoms with van der Waals surface area (Å²) in [6.07, 6.45) is 3.71. The molecule has 25 heavy (non-hydrogen) atoms. The van der Waals surface area contributed by atoms with E-state index in [9.17, 15) is 9.90 Å². The largest absolute Gasteiger partial charge is 0.465 e. The zero-order valence-corrected chi connectivity index (χ0v) is 14.5. The highest BCUT2D eigenvalue weighted by Gasteiger charge is 2.62. The summed E-state index contributed by atoms with van der Waals surface area (Å²) >= 11 is 6.02. The van der Waals surface area contributed by atoms with Crippen molar-refractivity contribution in [1.82, 2.24) is 4.90 Å². The second-order valence-corrected chi connectivity index (χ2v) is 7.34. The Morgan fingerprint density at radius 2 is 2.16 bits per heavy atom. The lowest BCUT2D eigenvalue weighted by atomic mass is 9.69. The number of likely N-dealkylation sites (tertiary alicyclic amines) is 1. The Morgan fingerprint density at radius 3 is 2.88 bits per heavy atom. The van der Waals surface area contributed by atoms with Crippen LogP contribution in [0.4, 0.5) is 4.79 Å². The second-order valence-electron chi connectivity index (χ2n) is 6.91. The molecule has 0 radical (unpaired) electrons. The molecule has 2 fully saturated rings. The predicted molar refractivity (Wildman–Crippen MR) is 94.4 cm³/mol. The minimum atomic E-state index is -0.955. The van der Waals surface area contributed by atoms with Gasteiger partial charge in [-0.1, -0.05) is 41.6 Å². The van der Waals surface area contributed by atoms with Crippen LogP contribution >= 0.6 is 11.6 Å². The van der Waals surface area contributed by atoms with Crippen LogP contribution in [-0.2, 0) is 4.84 Å². The molecule has 1 aliphatic carbocycles. The molecule has 1 aromatic rings. The van der Waals surface area contributed by atoms with Gasteiger partial charge in [-0.25, -0.2) is 4.79 Å². The van der Waals surface area contributed by atoms with Gasteiger partial charge in [0.1, 0.15) is 5.71 Å². The van der Waals surface area contributed by atoms with Crippen LogP contribution in [0.1, 0.15) is 37.7 Å². The number of hydrogen-bond acceptors (Lipinski definition) is 3. The number of nitrogens with zero attached hydrogens (tertiary/aromatic N) is 2. The molecule has 0 bridgehead atoms. The average molecular weight is 359 g/mol. The topological polar surface area (TPSA) is 62.1 Å². The molecule has 2 heterocycles. The lowest BCUT2D eigenvalue weighted by Gasteiger charge is -2.33. The number of amides is 1. The molecular weight excluding hydrogens is 340 g/mol. The van der Waals surface area contributed by atoms with Crippen molar-refractivity contribution in [2.45, 2.75) is 38.3 Å². The van der Waals surface area contributed by atoms with E-state index in [2.05, 4.69) is 17.0 Å². The highest BCUT2D eigenvalue weighted by molar-refractivity contribution is 6.30. The second kappa shape index (κ2) is 6.27. The van der Waals surface area contributed by atoms with E-state index in [1.54, 1.807) is 6.07 Å². The zero-order chi connectivity index (χ0) is 17.4. The molecule has 4 rings (SSSR count). The van der Waals surface area contributed by atoms with Crippen LogP contribution in [0.2, 0.25) is 5.02 Å². The van der Waals surface area contributed by atoms with Gasteiger partial charge in [0.25, 0.3) is 0 Å². The summed E-state index contributed by atoms with van der Waals surface area (Å²) in [4.78, 5) is 18.5. The molecule has 5 nitrogen and oxygen atoms in total. The molecular formula is C19H19ClN2O3. The summed E-state index contributed by atoms with van der Waals surface area (Å²) in [6, 6.07) is 7.37. The minimum Gasteiger partial charge on any atom is -0.465 e. The zero-order valence-electron chi connectivity index (χ0n) is 13.7. The summed E-state index contributed by atoms with van der Waals surface area (Å²) in [7, 11) is 0. The first kappa shape index (κ1) is 16.3. The van der Waals surface area contributed by atoms with E-state index < -0.39 is 17.7 Å². The van der Waals surface area contributed by atoms with Gasteiger partial charge < -0.3 is 9.94 Å². The van der Waals surface area contributed by atoms with Gasteiger partial charge in [-0.05, 0) is 49.3 Å². The van der Waals surface area contributed by atoms with E-state index in [0.29, 0.717) is 23.2 Å². The summed E-state index contributed by atoms with van der Waals surface area (Å²) in [5, 5.41) is 14.3. The van der Waals surface area contributed by atoms with Crippen LogP contribution in [0.25, 0.3) is 0 Å². The highest BCUT2D eigenvalue weighted by atomic mass is 35.5. The summed E-state index contributed by atoms with van der Waals surface area (Å²) in [5.74, 6) is 6.66. The monoisotopic (exact) mass is 358 g/mol. The normalized spacial score (nSPS) is 28.1. The van der Waals surface area contributed by atoms with Crippen LogP contribution in [0.5, 0.6) is 0 Å². The third-order valence-corrected chi connectivity index (χ3v) is 5.89. The summed E-state index contributed by atoms with van der Waals surface area (Å²) in [5.41, 5.74) is 1.10. The molecule has 6 heteroatoms. The molecule has 1 amide bonds. The predicted octanol–water partition coefficient (Wildman–Crippen LogP) is 3.96. The Labute approximate surface area is 151 Å². The van der Waals surface area contributed by atoms with Gasteiger partial charge in [0.05, 0.1) is 5.41 Å². The number of halogens is 1. The van der Waals surface area contributed by atoms with Gasteiger partial charge in [-0.3, -0.25) is 4.90 Å². The molecule has 0 spiro atoms. The highest BCUT2D eigenvalue weighted by Crippen LogP contribution is 2.53. The van der Waals surface area contributed by atoms with E-state index in [1.807, 2.05) is 18.2 Å². The number of benzene rings is 1. The Bertz CT molecular complexity index is 791. The van der Waals surface area contributed by atoms with Crippen molar-refractivity contribution in [3.63, 3.8) is 0 Å². The lowest BCUT2D eigenvalue weighted by molar-refractivity contribution is -0.0543. The fourth-order valence-corrected chi connectivity index (χ4v) is 4.66. The van der Waals surface area contributed by atoms with Crippen molar-refractivity contribution in [3.8, 4) is 11.8 Å². The third kappa shape index (κ3) is 2.65. The quantitative estimate of drug-likeness (QED) is 0.773. The Balaban J connectivity index is 1.69. The first-order valence-electron chi connectivity index (χ1n) is 8.63. The van der Waals surface area contributed by atoms with Gasteiger partial charge in [-0.2, -0.15) is 0 Å². The van der Waals surface area contributed by atoms with E-state index in [0.717, 1.165) is 24.8 Å². The summed E-state index contributed by atoms with van der Waals surface area (Å²) in [6.45, 7) is 0.467. The van der Waals surface area contributed by atoms with E-state index in [1.165, 1.54) is 17.7 Å². The molecule has 2 atom stereocenters. The molecule has 1 saturated heterocycles. The number of carbonyl (C=O) groups is 1. The first-order chi connectivity index (χ1) is 12.1. The van der Waals surface area contributed by atoms with Crippen molar-refractivity contribution in [1.29, 1.82) is 0 Å². The number of fused-ring (bicyclic) bond motifs is 1.